The van der Waals surface area contributed by atoms with Crippen LogP contribution in [0.3, 0.4) is 0 Å². The smallest absolute Gasteiger partial charge is 0.117 e. The molecule has 1 saturated heterocycles. The van der Waals surface area contributed by atoms with Crippen LogP contribution in [0.15, 0.2) is 5.51 Å². The van der Waals surface area contributed by atoms with Gasteiger partial charge in [-0.3, -0.25) is 0 Å². The minimum atomic E-state index is 0.387. The summed E-state index contributed by atoms with van der Waals surface area (Å²) < 4.78 is 5.10. The van der Waals surface area contributed by atoms with Gasteiger partial charge in [-0.2, -0.15) is 0 Å². The standard InChI is InChI=1S/C6H7NOS/c1-4-6(5-2-8-5)9-3-7-4/h3,5H,2H2,1H3. The highest BCUT2D eigenvalue weighted by atomic mass is 32.1. The Bertz CT molecular complexity index is 217. The summed E-state index contributed by atoms with van der Waals surface area (Å²) in [6.45, 7) is 2.91. The van der Waals surface area contributed by atoms with Gasteiger partial charge in [0.15, 0.2) is 0 Å². The number of aromatic nitrogens is 1. The summed E-state index contributed by atoms with van der Waals surface area (Å²) in [5.74, 6) is 0. The lowest BCUT2D eigenvalue weighted by molar-refractivity contribution is 0.417. The summed E-state index contributed by atoms with van der Waals surface area (Å²) >= 11 is 1.68. The zero-order valence-corrected chi connectivity index (χ0v) is 5.94. The molecule has 0 aromatic carbocycles. The molecule has 0 saturated carbocycles. The lowest BCUT2D eigenvalue weighted by Gasteiger charge is -1.85. The van der Waals surface area contributed by atoms with Crippen molar-refractivity contribution in [2.24, 2.45) is 0 Å². The largest absolute Gasteiger partial charge is 0.367 e. The van der Waals surface area contributed by atoms with Gasteiger partial charge in [-0.05, 0) is 6.92 Å². The number of hydrogen-bond donors (Lipinski definition) is 0. The number of aryl methyl sites for hydroxylation is 1. The van der Waals surface area contributed by atoms with Crippen LogP contribution in [0.5, 0.6) is 0 Å². The van der Waals surface area contributed by atoms with E-state index < -0.39 is 0 Å². The minimum Gasteiger partial charge on any atom is -0.367 e. The number of hydrogen-bond acceptors (Lipinski definition) is 3. The Morgan fingerprint density at radius 3 is 3.11 bits per heavy atom. The van der Waals surface area contributed by atoms with Gasteiger partial charge in [-0.15, -0.1) is 11.3 Å². The number of nitrogens with zero attached hydrogens (tertiary/aromatic N) is 1. The first kappa shape index (κ1) is 5.38. The molecule has 48 valence electrons. The van der Waals surface area contributed by atoms with Crippen LogP contribution in [0.1, 0.15) is 16.7 Å². The normalized spacial score (nSPS) is 24.3. The first-order valence-corrected chi connectivity index (χ1v) is 3.77. The molecule has 1 aliphatic rings. The second kappa shape index (κ2) is 1.78. The van der Waals surface area contributed by atoms with Crippen molar-refractivity contribution >= 4 is 11.3 Å². The molecule has 2 rings (SSSR count). The Hall–Kier alpha value is -0.410. The highest BCUT2D eigenvalue weighted by molar-refractivity contribution is 7.09. The Labute approximate surface area is 57.5 Å². The van der Waals surface area contributed by atoms with E-state index in [-0.39, 0.29) is 0 Å². The van der Waals surface area contributed by atoms with E-state index in [9.17, 15) is 0 Å². The summed E-state index contributed by atoms with van der Waals surface area (Å²) in [5.41, 5.74) is 2.99. The molecule has 9 heavy (non-hydrogen) atoms. The van der Waals surface area contributed by atoms with Crippen molar-refractivity contribution in [1.82, 2.24) is 4.98 Å². The van der Waals surface area contributed by atoms with Crippen LogP contribution in [-0.2, 0) is 4.74 Å². The summed E-state index contributed by atoms with van der Waals surface area (Å²) in [4.78, 5) is 5.42. The SMILES string of the molecule is Cc1ncsc1C1CO1. The first-order valence-electron chi connectivity index (χ1n) is 2.89. The summed E-state index contributed by atoms with van der Waals surface area (Å²) in [7, 11) is 0. The van der Waals surface area contributed by atoms with Gasteiger partial charge in [0, 0.05) is 0 Å². The third kappa shape index (κ3) is 0.862. The van der Waals surface area contributed by atoms with E-state index in [2.05, 4.69) is 4.98 Å². The van der Waals surface area contributed by atoms with E-state index in [0.717, 1.165) is 12.3 Å². The highest BCUT2D eigenvalue weighted by Crippen LogP contribution is 2.34. The van der Waals surface area contributed by atoms with Crippen LogP contribution in [0.4, 0.5) is 0 Å². The van der Waals surface area contributed by atoms with E-state index >= 15 is 0 Å². The fourth-order valence-electron chi connectivity index (χ4n) is 0.819. The predicted molar refractivity (Wildman–Crippen MR) is 35.5 cm³/mol. The molecule has 3 heteroatoms. The lowest BCUT2D eigenvalue weighted by atomic mass is 10.3. The van der Waals surface area contributed by atoms with Gasteiger partial charge in [0.1, 0.15) is 6.10 Å². The second-order valence-electron chi connectivity index (χ2n) is 2.12. The molecule has 2 nitrogen and oxygen atoms in total. The molecule has 1 aliphatic heterocycles. The maximum atomic E-state index is 5.10. The van der Waals surface area contributed by atoms with E-state index in [4.69, 9.17) is 4.74 Å². The van der Waals surface area contributed by atoms with E-state index in [1.165, 1.54) is 4.88 Å². The molecule has 0 amide bonds. The van der Waals surface area contributed by atoms with Crippen molar-refractivity contribution in [3.05, 3.63) is 16.1 Å². The molecule has 0 aliphatic carbocycles. The van der Waals surface area contributed by atoms with Crippen LogP contribution in [-0.4, -0.2) is 11.6 Å². The van der Waals surface area contributed by atoms with Crippen LogP contribution in [0.25, 0.3) is 0 Å². The Balaban J connectivity index is 2.35. The van der Waals surface area contributed by atoms with Crippen molar-refractivity contribution < 1.29 is 4.74 Å². The Morgan fingerprint density at radius 2 is 2.67 bits per heavy atom. The zero-order valence-electron chi connectivity index (χ0n) is 5.13. The number of ether oxygens (including phenoxy) is 1. The number of thiazole rings is 1. The third-order valence-corrected chi connectivity index (χ3v) is 2.43. The second-order valence-corrected chi connectivity index (χ2v) is 3.01. The van der Waals surface area contributed by atoms with Crippen molar-refractivity contribution in [3.63, 3.8) is 0 Å². The van der Waals surface area contributed by atoms with Gasteiger partial charge in [-0.25, -0.2) is 4.98 Å². The van der Waals surface area contributed by atoms with Crippen LogP contribution >= 0.6 is 11.3 Å². The number of rotatable bonds is 1. The van der Waals surface area contributed by atoms with Crippen molar-refractivity contribution in [2.45, 2.75) is 13.0 Å². The van der Waals surface area contributed by atoms with Crippen molar-refractivity contribution in [3.8, 4) is 0 Å². The van der Waals surface area contributed by atoms with Gasteiger partial charge in [0.25, 0.3) is 0 Å². The van der Waals surface area contributed by atoms with Gasteiger partial charge >= 0.3 is 0 Å². The van der Waals surface area contributed by atoms with Crippen molar-refractivity contribution in [2.75, 3.05) is 6.61 Å². The molecule has 1 aromatic rings. The molecule has 0 bridgehead atoms. The van der Waals surface area contributed by atoms with E-state index in [0.29, 0.717) is 6.10 Å². The molecule has 0 spiro atoms. The Morgan fingerprint density at radius 1 is 1.89 bits per heavy atom. The fraction of sp³-hybridized carbons (Fsp3) is 0.500. The van der Waals surface area contributed by atoms with Gasteiger partial charge in [-0.1, -0.05) is 0 Å². The van der Waals surface area contributed by atoms with Crippen molar-refractivity contribution in [1.29, 1.82) is 0 Å². The van der Waals surface area contributed by atoms with Crippen LogP contribution in [0.2, 0.25) is 0 Å². The maximum absolute atomic E-state index is 5.10. The minimum absolute atomic E-state index is 0.387. The quantitative estimate of drug-likeness (QED) is 0.554. The molecular weight excluding hydrogens is 134 g/mol. The zero-order chi connectivity index (χ0) is 6.27. The first-order chi connectivity index (χ1) is 4.38. The van der Waals surface area contributed by atoms with Crippen LogP contribution in [0, 0.1) is 6.92 Å². The summed E-state index contributed by atoms with van der Waals surface area (Å²) in [6, 6.07) is 0. The molecule has 2 heterocycles. The molecule has 0 N–H and O–H groups in total. The van der Waals surface area contributed by atoms with Gasteiger partial charge in [0.05, 0.1) is 22.7 Å². The average Bonchev–Trinajstić information content (AvgIpc) is 2.58. The van der Waals surface area contributed by atoms with Gasteiger partial charge < -0.3 is 4.74 Å². The molecule has 1 atom stereocenters. The van der Waals surface area contributed by atoms with E-state index in [1.54, 1.807) is 11.3 Å². The maximum Gasteiger partial charge on any atom is 0.117 e. The summed E-state index contributed by atoms with van der Waals surface area (Å²) in [5, 5.41) is 0. The molecule has 1 unspecified atom stereocenters. The monoisotopic (exact) mass is 141 g/mol. The molecule has 1 aromatic heterocycles. The third-order valence-electron chi connectivity index (χ3n) is 1.41. The topological polar surface area (TPSA) is 25.4 Å². The highest BCUT2D eigenvalue weighted by Gasteiger charge is 2.27. The lowest BCUT2D eigenvalue weighted by Crippen LogP contribution is -1.77. The molecule has 1 fully saturated rings. The number of epoxide rings is 1. The fourth-order valence-corrected chi connectivity index (χ4v) is 1.65. The average molecular weight is 141 g/mol. The van der Waals surface area contributed by atoms with Gasteiger partial charge in [0.2, 0.25) is 0 Å². The molecular formula is C6H7NOS. The predicted octanol–water partition coefficient (Wildman–Crippen LogP) is 1.52. The summed E-state index contributed by atoms with van der Waals surface area (Å²) in [6.07, 6.45) is 0.387. The van der Waals surface area contributed by atoms with Crippen LogP contribution < -0.4 is 0 Å². The van der Waals surface area contributed by atoms with E-state index in [1.807, 2.05) is 12.4 Å². The Kier molecular flexibility index (Phi) is 1.07. The molecule has 0 radical (unpaired) electrons.